The highest BCUT2D eigenvalue weighted by atomic mass is 35.5. The zero-order valence-electron chi connectivity index (χ0n) is 23.0. The molecule has 42 heavy (non-hydrogen) atoms. The summed E-state index contributed by atoms with van der Waals surface area (Å²) in [7, 11) is -7.85. The predicted molar refractivity (Wildman–Crippen MR) is 147 cm³/mol. The Morgan fingerprint density at radius 1 is 1.12 bits per heavy atom. The molecule has 0 spiro atoms. The zero-order chi connectivity index (χ0) is 31.3. The molecule has 8 nitrogen and oxygen atoms in total. The maximum atomic E-state index is 13.8. The van der Waals surface area contributed by atoms with Crippen LogP contribution in [0.15, 0.2) is 41.3 Å². The summed E-state index contributed by atoms with van der Waals surface area (Å²) in [4.78, 5) is 12.0. The van der Waals surface area contributed by atoms with Gasteiger partial charge in [0.25, 0.3) is 10.0 Å². The smallest absolute Gasteiger partial charge is 0.427 e. The second-order valence-corrected chi connectivity index (χ2v) is 15.5. The fourth-order valence-electron chi connectivity index (χ4n) is 4.69. The van der Waals surface area contributed by atoms with Crippen molar-refractivity contribution in [2.24, 2.45) is 5.92 Å². The van der Waals surface area contributed by atoms with Crippen LogP contribution in [0.2, 0.25) is 5.02 Å². The molecule has 0 aromatic heterocycles. The van der Waals surface area contributed by atoms with Gasteiger partial charge in [0.1, 0.15) is 17.7 Å². The molecular formula is C27H30ClF4NO7S2. The maximum absolute atomic E-state index is 13.8. The van der Waals surface area contributed by atoms with Gasteiger partial charge in [-0.05, 0) is 68.5 Å². The lowest BCUT2D eigenvalue weighted by Gasteiger charge is -2.36. The molecule has 2 aromatic carbocycles. The predicted octanol–water partition coefficient (Wildman–Crippen LogP) is 5.47. The lowest BCUT2D eigenvalue weighted by molar-refractivity contribution is -0.257. The number of nitrogens with zero attached hydrogens (tertiary/aromatic N) is 1. The number of halogens is 5. The molecule has 1 aliphatic heterocycles. The van der Waals surface area contributed by atoms with E-state index >= 15 is 0 Å². The van der Waals surface area contributed by atoms with Gasteiger partial charge in [0.15, 0.2) is 9.84 Å². The van der Waals surface area contributed by atoms with E-state index in [4.69, 9.17) is 16.3 Å². The van der Waals surface area contributed by atoms with Crippen LogP contribution in [0.5, 0.6) is 5.75 Å². The zero-order valence-corrected chi connectivity index (χ0v) is 25.3. The van der Waals surface area contributed by atoms with Crippen molar-refractivity contribution in [3.63, 3.8) is 0 Å². The van der Waals surface area contributed by atoms with Gasteiger partial charge in [-0.15, -0.1) is 0 Å². The molecule has 4 rings (SSSR count). The molecule has 232 valence electrons. The Hall–Kier alpha value is -2.58. The number of alkyl halides is 3. The molecule has 0 amide bonds. The minimum absolute atomic E-state index is 0.00843. The van der Waals surface area contributed by atoms with Gasteiger partial charge < -0.3 is 9.47 Å². The van der Waals surface area contributed by atoms with Crippen LogP contribution in [-0.4, -0.2) is 58.2 Å². The van der Waals surface area contributed by atoms with E-state index < -0.39 is 66.2 Å². The Bertz CT molecular complexity index is 1580. The second kappa shape index (κ2) is 11.5. The molecule has 1 heterocycles. The Morgan fingerprint density at radius 3 is 2.40 bits per heavy atom. The number of hydrogen-bond acceptors (Lipinski definition) is 7. The number of sulfonamides is 1. The van der Waals surface area contributed by atoms with Crippen LogP contribution >= 0.6 is 11.6 Å². The van der Waals surface area contributed by atoms with Crippen LogP contribution in [-0.2, 0) is 35.8 Å². The molecule has 1 aliphatic carbocycles. The average molecular weight is 656 g/mol. The lowest BCUT2D eigenvalue weighted by atomic mass is 10.1. The van der Waals surface area contributed by atoms with Crippen LogP contribution in [0.3, 0.4) is 0 Å². The number of rotatable bonds is 10. The normalized spacial score (nSPS) is 21.0. The largest absolute Gasteiger partial charge is 0.486 e. The summed E-state index contributed by atoms with van der Waals surface area (Å²) in [5.41, 5.74) is -2.65. The molecule has 1 fully saturated rings. The Morgan fingerprint density at radius 2 is 1.81 bits per heavy atom. The molecule has 2 unspecified atom stereocenters. The van der Waals surface area contributed by atoms with Crippen molar-refractivity contribution in [2.75, 3.05) is 16.6 Å². The van der Waals surface area contributed by atoms with Crippen molar-refractivity contribution in [3.05, 3.63) is 52.8 Å². The summed E-state index contributed by atoms with van der Waals surface area (Å²) in [5, 5.41) is -0.866. The number of ether oxygens (including phenoxy) is 2. The van der Waals surface area contributed by atoms with Gasteiger partial charge in [0.05, 0.1) is 39.6 Å². The molecule has 0 N–H and O–H groups in total. The standard InChI is InChI=1S/C27H30ClF4NO7S2/c1-4-17-13-24(17)41(35,36)10-9-18-15-33(42(37,38)19-6-7-21(29)20(28)14-19)22-11-16(5-8-23(22)39-18)12-25(34)40-26(2,3)27(30,31)32/h5-8,11,14,17-18,24H,4,9-10,12-13,15H2,1-3H3/t17?,18-,24?/m0/s1. The van der Waals surface area contributed by atoms with E-state index in [1.807, 2.05) is 6.92 Å². The first-order valence-electron chi connectivity index (χ1n) is 13.1. The first kappa shape index (κ1) is 32.3. The summed E-state index contributed by atoms with van der Waals surface area (Å²) in [6, 6.07) is 6.82. The maximum Gasteiger partial charge on any atom is 0.427 e. The van der Waals surface area contributed by atoms with E-state index in [1.165, 1.54) is 18.2 Å². The SMILES string of the molecule is CCC1CC1S(=O)(=O)CC[C@H]1CN(S(=O)(=O)c2ccc(F)c(Cl)c2)c2cc(CC(=O)OC(C)(C)C(F)(F)F)ccc2O1. The topological polar surface area (TPSA) is 107 Å². The molecular weight excluding hydrogens is 626 g/mol. The molecule has 0 saturated heterocycles. The molecule has 15 heteroatoms. The Labute approximate surface area is 246 Å². The van der Waals surface area contributed by atoms with Gasteiger partial charge in [0, 0.05) is 0 Å². The summed E-state index contributed by atoms with van der Waals surface area (Å²) < 4.78 is 118. The number of carbonyl (C=O) groups is 1. The number of esters is 1. The number of anilines is 1. The van der Waals surface area contributed by atoms with Crippen molar-refractivity contribution in [2.45, 2.75) is 74.5 Å². The fraction of sp³-hybridized carbons (Fsp3) is 0.519. The van der Waals surface area contributed by atoms with E-state index in [-0.39, 0.29) is 46.5 Å². The summed E-state index contributed by atoms with van der Waals surface area (Å²) in [5.74, 6) is -2.10. The summed E-state index contributed by atoms with van der Waals surface area (Å²) in [6.07, 6.45) is -4.97. The summed E-state index contributed by atoms with van der Waals surface area (Å²) >= 11 is 5.83. The van der Waals surface area contributed by atoms with Crippen LogP contribution in [0.25, 0.3) is 0 Å². The number of carbonyl (C=O) groups excluding carboxylic acids is 1. The van der Waals surface area contributed by atoms with E-state index in [0.717, 1.165) is 28.9 Å². The van der Waals surface area contributed by atoms with Gasteiger partial charge in [-0.3, -0.25) is 9.10 Å². The highest BCUT2D eigenvalue weighted by Gasteiger charge is 2.51. The molecule has 2 aromatic rings. The van der Waals surface area contributed by atoms with Crippen LogP contribution < -0.4 is 9.04 Å². The van der Waals surface area contributed by atoms with Crippen molar-refractivity contribution < 1.29 is 48.7 Å². The van der Waals surface area contributed by atoms with E-state index in [2.05, 4.69) is 4.74 Å². The van der Waals surface area contributed by atoms with Crippen LogP contribution in [0, 0.1) is 11.7 Å². The number of hydrogen-bond donors (Lipinski definition) is 0. The minimum Gasteiger partial charge on any atom is -0.486 e. The first-order valence-corrected chi connectivity index (χ1v) is 16.7. The van der Waals surface area contributed by atoms with Crippen LogP contribution in [0.1, 0.15) is 45.6 Å². The van der Waals surface area contributed by atoms with Gasteiger partial charge in [0.2, 0.25) is 5.60 Å². The van der Waals surface area contributed by atoms with Gasteiger partial charge in [-0.1, -0.05) is 31.0 Å². The average Bonchev–Trinajstić information content (AvgIpc) is 3.69. The van der Waals surface area contributed by atoms with E-state index in [1.54, 1.807) is 0 Å². The number of fused-ring (bicyclic) bond motifs is 1. The van der Waals surface area contributed by atoms with Crippen LogP contribution in [0.4, 0.5) is 23.2 Å². The van der Waals surface area contributed by atoms with Crippen molar-refractivity contribution in [1.82, 2.24) is 0 Å². The molecule has 3 atom stereocenters. The lowest BCUT2D eigenvalue weighted by Crippen LogP contribution is -2.44. The third-order valence-electron chi connectivity index (χ3n) is 7.40. The fourth-order valence-corrected chi connectivity index (χ4v) is 8.68. The Balaban J connectivity index is 1.64. The third kappa shape index (κ3) is 6.80. The van der Waals surface area contributed by atoms with E-state index in [9.17, 15) is 39.2 Å². The Kier molecular flexibility index (Phi) is 8.85. The molecule has 1 saturated carbocycles. The van der Waals surface area contributed by atoms with E-state index in [0.29, 0.717) is 20.3 Å². The summed E-state index contributed by atoms with van der Waals surface area (Å²) in [6.45, 7) is 3.01. The molecule has 0 bridgehead atoms. The molecule has 2 aliphatic rings. The van der Waals surface area contributed by atoms with Gasteiger partial charge >= 0.3 is 12.1 Å². The van der Waals surface area contributed by atoms with Crippen molar-refractivity contribution in [1.29, 1.82) is 0 Å². The number of benzene rings is 2. The van der Waals surface area contributed by atoms with Gasteiger partial charge in [-0.25, -0.2) is 21.2 Å². The highest BCUT2D eigenvalue weighted by molar-refractivity contribution is 7.93. The van der Waals surface area contributed by atoms with Crippen molar-refractivity contribution >= 4 is 43.1 Å². The monoisotopic (exact) mass is 655 g/mol. The first-order chi connectivity index (χ1) is 19.4. The third-order valence-corrected chi connectivity index (χ3v) is 11.8. The highest BCUT2D eigenvalue weighted by Crippen LogP contribution is 2.42. The van der Waals surface area contributed by atoms with Gasteiger partial charge in [-0.2, -0.15) is 13.2 Å². The van der Waals surface area contributed by atoms with Crippen molar-refractivity contribution in [3.8, 4) is 5.75 Å². The quantitative estimate of drug-likeness (QED) is 0.247. The minimum atomic E-state index is -4.81. The molecule has 0 radical (unpaired) electrons. The number of sulfone groups is 1. The second-order valence-electron chi connectivity index (χ2n) is 10.9.